The fourth-order valence-electron chi connectivity index (χ4n) is 0.343. The average molecular weight is 116 g/mol. The molecule has 0 aliphatic heterocycles. The molecule has 0 aliphatic carbocycles. The Kier molecular flexibility index (Phi) is 1.37. The molecular weight excluding hydrogens is 112 g/mol. The minimum absolute atomic E-state index is 0.434. The Bertz CT molecular complexity index is 123. The molecule has 1 heterocycles. The standard InChI is InChI=1S/C5H4ClO/c6-4-5-2-1-3-7-5/h1-2H,4H2. The predicted octanol–water partition coefficient (Wildman–Crippen LogP) is 1.82. The Morgan fingerprint density at radius 1 is 1.86 bits per heavy atom. The molecule has 0 aromatic carbocycles. The summed E-state index contributed by atoms with van der Waals surface area (Å²) >= 11 is 5.35. The van der Waals surface area contributed by atoms with Gasteiger partial charge in [-0.3, -0.25) is 0 Å². The Labute approximate surface area is 46.9 Å². The van der Waals surface area contributed by atoms with Gasteiger partial charge in [0.25, 0.3) is 0 Å². The van der Waals surface area contributed by atoms with E-state index in [1.807, 2.05) is 0 Å². The molecule has 0 N–H and O–H groups in total. The third-order valence-electron chi connectivity index (χ3n) is 0.659. The van der Waals surface area contributed by atoms with Crippen molar-refractivity contribution in [1.29, 1.82) is 0 Å². The molecule has 0 aliphatic rings. The van der Waals surface area contributed by atoms with E-state index in [0.717, 1.165) is 5.76 Å². The number of halogens is 1. The lowest BCUT2D eigenvalue weighted by atomic mass is 10.5. The van der Waals surface area contributed by atoms with Crippen LogP contribution < -0.4 is 0 Å². The monoisotopic (exact) mass is 115 g/mol. The highest BCUT2D eigenvalue weighted by Gasteiger charge is 1.87. The van der Waals surface area contributed by atoms with Gasteiger partial charge in [0.1, 0.15) is 5.76 Å². The molecule has 0 amide bonds. The van der Waals surface area contributed by atoms with E-state index in [2.05, 4.69) is 6.26 Å². The first-order chi connectivity index (χ1) is 3.43. The summed E-state index contributed by atoms with van der Waals surface area (Å²) in [6.45, 7) is 0. The molecule has 0 unspecified atom stereocenters. The predicted molar refractivity (Wildman–Crippen MR) is 27.1 cm³/mol. The number of rotatable bonds is 1. The van der Waals surface area contributed by atoms with Gasteiger partial charge in [-0.05, 0) is 12.1 Å². The van der Waals surface area contributed by atoms with Gasteiger partial charge in [0.2, 0.25) is 0 Å². The van der Waals surface area contributed by atoms with Crippen molar-refractivity contribution in [3.8, 4) is 0 Å². The number of alkyl halides is 1. The fourth-order valence-corrected chi connectivity index (χ4v) is 0.486. The third kappa shape index (κ3) is 0.967. The van der Waals surface area contributed by atoms with Crippen LogP contribution in [0.25, 0.3) is 0 Å². The van der Waals surface area contributed by atoms with E-state index in [-0.39, 0.29) is 0 Å². The van der Waals surface area contributed by atoms with Crippen molar-refractivity contribution in [2.75, 3.05) is 0 Å². The Hall–Kier alpha value is -0.430. The summed E-state index contributed by atoms with van der Waals surface area (Å²) in [6, 6.07) is 3.48. The summed E-state index contributed by atoms with van der Waals surface area (Å²) in [4.78, 5) is 0. The van der Waals surface area contributed by atoms with Crippen molar-refractivity contribution in [2.24, 2.45) is 0 Å². The van der Waals surface area contributed by atoms with Gasteiger partial charge in [0.15, 0.2) is 6.26 Å². The van der Waals surface area contributed by atoms with Crippen LogP contribution in [0.15, 0.2) is 16.5 Å². The quantitative estimate of drug-likeness (QED) is 0.509. The highest BCUT2D eigenvalue weighted by atomic mass is 35.5. The molecule has 0 spiro atoms. The zero-order chi connectivity index (χ0) is 5.11. The molecular formula is C5H4ClO. The van der Waals surface area contributed by atoms with Crippen molar-refractivity contribution in [3.05, 3.63) is 24.2 Å². The maximum absolute atomic E-state index is 5.35. The van der Waals surface area contributed by atoms with Crippen LogP contribution in [0.4, 0.5) is 0 Å². The summed E-state index contributed by atoms with van der Waals surface area (Å²) in [6.07, 6.45) is 2.52. The van der Waals surface area contributed by atoms with Crippen LogP contribution in [0.5, 0.6) is 0 Å². The molecule has 0 fully saturated rings. The molecule has 1 aromatic rings. The smallest absolute Gasteiger partial charge is 0.169 e. The van der Waals surface area contributed by atoms with E-state index < -0.39 is 0 Å². The first kappa shape index (κ1) is 4.72. The third-order valence-corrected chi connectivity index (χ3v) is 0.922. The van der Waals surface area contributed by atoms with Crippen molar-refractivity contribution in [3.63, 3.8) is 0 Å². The minimum Gasteiger partial charge on any atom is -0.457 e. The zero-order valence-electron chi connectivity index (χ0n) is 3.65. The zero-order valence-corrected chi connectivity index (χ0v) is 4.40. The van der Waals surface area contributed by atoms with Gasteiger partial charge in [0.05, 0.1) is 5.88 Å². The van der Waals surface area contributed by atoms with Crippen LogP contribution >= 0.6 is 11.6 Å². The van der Waals surface area contributed by atoms with Gasteiger partial charge in [-0.25, -0.2) is 0 Å². The summed E-state index contributed by atoms with van der Waals surface area (Å²) in [7, 11) is 0. The SMILES string of the molecule is ClCc1cc[c]o1. The van der Waals surface area contributed by atoms with Crippen molar-refractivity contribution in [2.45, 2.75) is 5.88 Å². The second kappa shape index (κ2) is 2.03. The molecule has 37 valence electrons. The maximum atomic E-state index is 5.35. The van der Waals surface area contributed by atoms with Crippen LogP contribution in [-0.4, -0.2) is 0 Å². The summed E-state index contributed by atoms with van der Waals surface area (Å²) < 4.78 is 4.73. The maximum Gasteiger partial charge on any atom is 0.169 e. The van der Waals surface area contributed by atoms with Crippen molar-refractivity contribution >= 4 is 11.6 Å². The first-order valence-corrected chi connectivity index (χ1v) is 2.47. The lowest BCUT2D eigenvalue weighted by Gasteiger charge is -1.77. The molecule has 7 heavy (non-hydrogen) atoms. The first-order valence-electron chi connectivity index (χ1n) is 1.94. The highest BCUT2D eigenvalue weighted by Crippen LogP contribution is 2.01. The second-order valence-corrected chi connectivity index (χ2v) is 1.42. The Balaban J connectivity index is 2.76. The van der Waals surface area contributed by atoms with Gasteiger partial charge in [0, 0.05) is 0 Å². The van der Waals surface area contributed by atoms with Crippen LogP contribution in [0, 0.1) is 6.26 Å². The lowest BCUT2D eigenvalue weighted by molar-refractivity contribution is 0.521. The normalized spacial score (nSPS) is 9.29. The van der Waals surface area contributed by atoms with Crippen molar-refractivity contribution < 1.29 is 4.42 Å². The molecule has 1 rings (SSSR count). The average Bonchev–Trinajstić information content (AvgIpc) is 2.14. The van der Waals surface area contributed by atoms with Gasteiger partial charge in [-0.2, -0.15) is 0 Å². The van der Waals surface area contributed by atoms with E-state index in [1.165, 1.54) is 0 Å². The van der Waals surface area contributed by atoms with Crippen LogP contribution in [-0.2, 0) is 5.88 Å². The molecule has 0 saturated carbocycles. The summed E-state index contributed by atoms with van der Waals surface area (Å²) in [5, 5.41) is 0. The Morgan fingerprint density at radius 3 is 3.00 bits per heavy atom. The number of hydrogen-bond acceptors (Lipinski definition) is 1. The van der Waals surface area contributed by atoms with Gasteiger partial charge in [-0.1, -0.05) is 0 Å². The van der Waals surface area contributed by atoms with E-state index in [0.29, 0.717) is 5.88 Å². The lowest BCUT2D eigenvalue weighted by Crippen LogP contribution is -1.62. The highest BCUT2D eigenvalue weighted by molar-refractivity contribution is 6.16. The van der Waals surface area contributed by atoms with Gasteiger partial charge in [-0.15, -0.1) is 11.6 Å². The molecule has 1 aromatic heterocycles. The fraction of sp³-hybridized carbons (Fsp3) is 0.200. The number of hydrogen-bond donors (Lipinski definition) is 0. The topological polar surface area (TPSA) is 13.1 Å². The minimum atomic E-state index is 0.434. The summed E-state index contributed by atoms with van der Waals surface area (Å²) in [5.74, 6) is 1.20. The molecule has 0 saturated heterocycles. The van der Waals surface area contributed by atoms with Gasteiger partial charge < -0.3 is 4.42 Å². The van der Waals surface area contributed by atoms with Crippen molar-refractivity contribution in [1.82, 2.24) is 0 Å². The summed E-state index contributed by atoms with van der Waals surface area (Å²) in [5.41, 5.74) is 0. The molecule has 1 radical (unpaired) electrons. The molecule has 1 nitrogen and oxygen atoms in total. The molecule has 0 atom stereocenters. The van der Waals surface area contributed by atoms with E-state index in [1.54, 1.807) is 12.1 Å². The van der Waals surface area contributed by atoms with Gasteiger partial charge >= 0.3 is 0 Å². The largest absolute Gasteiger partial charge is 0.457 e. The second-order valence-electron chi connectivity index (χ2n) is 1.15. The van der Waals surface area contributed by atoms with Crippen LogP contribution in [0.3, 0.4) is 0 Å². The molecule has 0 bridgehead atoms. The van der Waals surface area contributed by atoms with Crippen LogP contribution in [0.1, 0.15) is 5.76 Å². The van der Waals surface area contributed by atoms with E-state index in [4.69, 9.17) is 16.0 Å². The molecule has 2 heteroatoms. The Morgan fingerprint density at radius 2 is 2.71 bits per heavy atom. The van der Waals surface area contributed by atoms with Crippen LogP contribution in [0.2, 0.25) is 0 Å². The van der Waals surface area contributed by atoms with E-state index in [9.17, 15) is 0 Å². The van der Waals surface area contributed by atoms with E-state index >= 15 is 0 Å². The number of furan rings is 1.